The van der Waals surface area contributed by atoms with Crippen molar-refractivity contribution in [3.8, 4) is 5.82 Å². The molecule has 0 atom stereocenters. The molecule has 72 valence electrons. The SMILES string of the molecule is NCc1ccn(-c2cc(Br)ccn2)n1. The molecule has 2 N–H and O–H groups in total. The van der Waals surface area contributed by atoms with Crippen LogP contribution in [0.2, 0.25) is 0 Å². The Morgan fingerprint density at radius 1 is 1.43 bits per heavy atom. The fourth-order valence-corrected chi connectivity index (χ4v) is 1.44. The van der Waals surface area contributed by atoms with E-state index < -0.39 is 0 Å². The van der Waals surface area contributed by atoms with E-state index in [1.165, 1.54) is 0 Å². The lowest BCUT2D eigenvalue weighted by molar-refractivity contribution is 0.809. The van der Waals surface area contributed by atoms with Gasteiger partial charge in [-0.15, -0.1) is 0 Å². The van der Waals surface area contributed by atoms with E-state index in [1.807, 2.05) is 24.4 Å². The minimum Gasteiger partial charge on any atom is -0.325 e. The van der Waals surface area contributed by atoms with Gasteiger partial charge in [0.2, 0.25) is 0 Å². The van der Waals surface area contributed by atoms with E-state index >= 15 is 0 Å². The number of rotatable bonds is 2. The molecule has 0 aliphatic rings. The first-order valence-electron chi connectivity index (χ1n) is 4.16. The summed E-state index contributed by atoms with van der Waals surface area (Å²) in [6, 6.07) is 5.65. The highest BCUT2D eigenvalue weighted by molar-refractivity contribution is 9.10. The molecule has 0 amide bonds. The molecule has 0 fully saturated rings. The number of nitrogens with zero attached hydrogens (tertiary/aromatic N) is 3. The van der Waals surface area contributed by atoms with Gasteiger partial charge in [0.1, 0.15) is 0 Å². The van der Waals surface area contributed by atoms with Gasteiger partial charge in [-0.25, -0.2) is 9.67 Å². The minimum absolute atomic E-state index is 0.445. The summed E-state index contributed by atoms with van der Waals surface area (Å²) < 4.78 is 2.68. The van der Waals surface area contributed by atoms with Crippen LogP contribution in [0.25, 0.3) is 5.82 Å². The van der Waals surface area contributed by atoms with Crippen molar-refractivity contribution in [3.05, 3.63) is 40.8 Å². The predicted molar refractivity (Wildman–Crippen MR) is 57.0 cm³/mol. The van der Waals surface area contributed by atoms with Gasteiger partial charge in [0.15, 0.2) is 5.82 Å². The Morgan fingerprint density at radius 2 is 2.29 bits per heavy atom. The van der Waals surface area contributed by atoms with Crippen molar-refractivity contribution in [1.29, 1.82) is 0 Å². The second kappa shape index (κ2) is 3.89. The number of halogens is 1. The van der Waals surface area contributed by atoms with E-state index in [-0.39, 0.29) is 0 Å². The summed E-state index contributed by atoms with van der Waals surface area (Å²) in [6.07, 6.45) is 3.57. The van der Waals surface area contributed by atoms with Crippen molar-refractivity contribution in [1.82, 2.24) is 14.8 Å². The van der Waals surface area contributed by atoms with Crippen molar-refractivity contribution in [2.45, 2.75) is 6.54 Å². The lowest BCUT2D eigenvalue weighted by Gasteiger charge is -1.99. The van der Waals surface area contributed by atoms with Crippen molar-refractivity contribution >= 4 is 15.9 Å². The number of aromatic nitrogens is 3. The maximum atomic E-state index is 5.47. The molecule has 0 saturated carbocycles. The summed E-state index contributed by atoms with van der Waals surface area (Å²) in [5.41, 5.74) is 6.32. The first kappa shape index (κ1) is 9.36. The molecular weight excluding hydrogens is 244 g/mol. The van der Waals surface area contributed by atoms with E-state index in [0.717, 1.165) is 16.0 Å². The highest BCUT2D eigenvalue weighted by Gasteiger charge is 2.00. The summed E-state index contributed by atoms with van der Waals surface area (Å²) >= 11 is 3.38. The standard InChI is InChI=1S/C9H9BrN4/c10-7-1-3-12-9(5-7)14-4-2-8(6-11)13-14/h1-5H,6,11H2. The van der Waals surface area contributed by atoms with Gasteiger partial charge in [0.05, 0.1) is 5.69 Å². The molecule has 2 heterocycles. The van der Waals surface area contributed by atoms with Crippen molar-refractivity contribution in [2.75, 3.05) is 0 Å². The van der Waals surface area contributed by atoms with E-state index in [2.05, 4.69) is 26.0 Å². The van der Waals surface area contributed by atoms with Crippen LogP contribution >= 0.6 is 15.9 Å². The van der Waals surface area contributed by atoms with Crippen LogP contribution in [0.15, 0.2) is 35.1 Å². The maximum absolute atomic E-state index is 5.47. The van der Waals surface area contributed by atoms with Crippen LogP contribution in [-0.4, -0.2) is 14.8 Å². The highest BCUT2D eigenvalue weighted by Crippen LogP contribution is 2.12. The third kappa shape index (κ3) is 1.83. The number of hydrogen-bond acceptors (Lipinski definition) is 3. The Hall–Kier alpha value is -1.20. The maximum Gasteiger partial charge on any atom is 0.154 e. The Bertz CT molecular complexity index is 438. The molecule has 5 heteroatoms. The molecule has 4 nitrogen and oxygen atoms in total. The number of hydrogen-bond donors (Lipinski definition) is 1. The van der Waals surface area contributed by atoms with Gasteiger partial charge in [0.25, 0.3) is 0 Å². The smallest absolute Gasteiger partial charge is 0.154 e. The Kier molecular flexibility index (Phi) is 2.60. The van der Waals surface area contributed by atoms with Crippen LogP contribution in [0.1, 0.15) is 5.69 Å². The third-order valence-electron chi connectivity index (χ3n) is 1.80. The summed E-state index contributed by atoms with van der Waals surface area (Å²) in [4.78, 5) is 4.19. The number of nitrogens with two attached hydrogens (primary N) is 1. The van der Waals surface area contributed by atoms with Crippen molar-refractivity contribution < 1.29 is 0 Å². The second-order valence-corrected chi connectivity index (χ2v) is 3.70. The average molecular weight is 253 g/mol. The van der Waals surface area contributed by atoms with Crippen LogP contribution in [-0.2, 0) is 6.54 Å². The van der Waals surface area contributed by atoms with Gasteiger partial charge in [-0.3, -0.25) is 0 Å². The quantitative estimate of drug-likeness (QED) is 0.882. The summed E-state index contributed by atoms with van der Waals surface area (Å²) in [7, 11) is 0. The zero-order valence-electron chi connectivity index (χ0n) is 7.39. The van der Waals surface area contributed by atoms with Gasteiger partial charge in [0, 0.05) is 23.4 Å². The first-order chi connectivity index (χ1) is 6.79. The third-order valence-corrected chi connectivity index (χ3v) is 2.29. The van der Waals surface area contributed by atoms with E-state index in [0.29, 0.717) is 6.54 Å². The zero-order valence-corrected chi connectivity index (χ0v) is 8.98. The molecule has 0 aliphatic heterocycles. The summed E-state index contributed by atoms with van der Waals surface area (Å²) in [5.74, 6) is 0.777. The van der Waals surface area contributed by atoms with Crippen LogP contribution < -0.4 is 5.73 Å². The van der Waals surface area contributed by atoms with Crippen LogP contribution in [0, 0.1) is 0 Å². The normalized spacial score (nSPS) is 10.4. The molecule has 2 aromatic heterocycles. The Morgan fingerprint density at radius 3 is 2.93 bits per heavy atom. The lowest BCUT2D eigenvalue weighted by Crippen LogP contribution is -2.01. The monoisotopic (exact) mass is 252 g/mol. The van der Waals surface area contributed by atoms with E-state index in [9.17, 15) is 0 Å². The molecule has 0 saturated heterocycles. The molecule has 0 unspecified atom stereocenters. The van der Waals surface area contributed by atoms with Gasteiger partial charge in [-0.05, 0) is 18.2 Å². The largest absolute Gasteiger partial charge is 0.325 e. The average Bonchev–Trinajstić information content (AvgIpc) is 2.66. The molecule has 0 bridgehead atoms. The highest BCUT2D eigenvalue weighted by atomic mass is 79.9. The minimum atomic E-state index is 0.445. The van der Waals surface area contributed by atoms with Crippen LogP contribution in [0.3, 0.4) is 0 Å². The van der Waals surface area contributed by atoms with E-state index in [4.69, 9.17) is 5.73 Å². The van der Waals surface area contributed by atoms with Crippen LogP contribution in [0.5, 0.6) is 0 Å². The molecule has 2 aromatic rings. The topological polar surface area (TPSA) is 56.7 Å². The zero-order chi connectivity index (χ0) is 9.97. The van der Waals surface area contributed by atoms with Gasteiger partial charge < -0.3 is 5.73 Å². The molecule has 14 heavy (non-hydrogen) atoms. The van der Waals surface area contributed by atoms with Crippen molar-refractivity contribution in [3.63, 3.8) is 0 Å². The fraction of sp³-hybridized carbons (Fsp3) is 0.111. The van der Waals surface area contributed by atoms with Crippen LogP contribution in [0.4, 0.5) is 0 Å². The van der Waals surface area contributed by atoms with Crippen molar-refractivity contribution in [2.24, 2.45) is 5.73 Å². The molecule has 0 radical (unpaired) electrons. The molecular formula is C9H9BrN4. The van der Waals surface area contributed by atoms with Gasteiger partial charge in [-0.2, -0.15) is 5.10 Å². The molecule has 0 aliphatic carbocycles. The van der Waals surface area contributed by atoms with Gasteiger partial charge in [-0.1, -0.05) is 15.9 Å². The fourth-order valence-electron chi connectivity index (χ4n) is 1.12. The second-order valence-electron chi connectivity index (χ2n) is 2.79. The molecule has 0 aromatic carbocycles. The Balaban J connectivity index is 2.39. The predicted octanol–water partition coefficient (Wildman–Crippen LogP) is 1.49. The Labute approximate surface area is 89.9 Å². The molecule has 2 rings (SSSR count). The number of pyridine rings is 1. The lowest BCUT2D eigenvalue weighted by atomic mass is 10.4. The van der Waals surface area contributed by atoms with Gasteiger partial charge >= 0.3 is 0 Å². The first-order valence-corrected chi connectivity index (χ1v) is 4.95. The van der Waals surface area contributed by atoms with E-state index in [1.54, 1.807) is 10.9 Å². The summed E-state index contributed by atoms with van der Waals surface area (Å²) in [6.45, 7) is 0.445. The summed E-state index contributed by atoms with van der Waals surface area (Å²) in [5, 5.41) is 4.25. The molecule has 0 spiro atoms.